The third-order valence-corrected chi connectivity index (χ3v) is 3.10. The fraction of sp³-hybridized carbons (Fsp3) is 0.471. The Kier molecular flexibility index (Phi) is 8.18. The van der Waals surface area contributed by atoms with Crippen molar-refractivity contribution >= 4 is 5.91 Å². The van der Waals surface area contributed by atoms with Crippen molar-refractivity contribution < 1.29 is 14.6 Å². The van der Waals surface area contributed by atoms with Crippen molar-refractivity contribution in [2.24, 2.45) is 0 Å². The number of methoxy groups -OCH3 is 1. The van der Waals surface area contributed by atoms with Crippen LogP contribution in [-0.4, -0.2) is 37.9 Å². The van der Waals surface area contributed by atoms with Gasteiger partial charge >= 0.3 is 0 Å². The smallest absolute Gasteiger partial charge is 0.251 e. The number of nitrogens with one attached hydrogen (secondary N) is 1. The second-order valence-corrected chi connectivity index (χ2v) is 4.80. The summed E-state index contributed by atoms with van der Waals surface area (Å²) in [5.74, 6) is 5.40. The van der Waals surface area contributed by atoms with Crippen LogP contribution in [0.2, 0.25) is 0 Å². The van der Waals surface area contributed by atoms with Crippen LogP contribution in [0.1, 0.15) is 40.7 Å². The number of benzene rings is 1. The third kappa shape index (κ3) is 6.44. The van der Waals surface area contributed by atoms with Gasteiger partial charge in [0.05, 0.1) is 0 Å². The average molecular weight is 289 g/mol. The Morgan fingerprint density at radius 2 is 2.14 bits per heavy atom. The number of carbonyl (C=O) groups excluding carboxylic acids is 1. The molecule has 4 nitrogen and oxygen atoms in total. The summed E-state index contributed by atoms with van der Waals surface area (Å²) in [6.45, 7) is 3.19. The molecule has 1 rings (SSSR count). The lowest BCUT2D eigenvalue weighted by Crippen LogP contribution is -2.24. The molecule has 0 aliphatic rings. The molecule has 21 heavy (non-hydrogen) atoms. The fourth-order valence-corrected chi connectivity index (χ4v) is 1.93. The van der Waals surface area contributed by atoms with Crippen LogP contribution >= 0.6 is 0 Å². The Labute approximate surface area is 126 Å². The van der Waals surface area contributed by atoms with Gasteiger partial charge in [-0.2, -0.15) is 0 Å². The monoisotopic (exact) mass is 289 g/mol. The second-order valence-electron chi connectivity index (χ2n) is 4.80. The van der Waals surface area contributed by atoms with Crippen molar-refractivity contribution in [2.45, 2.75) is 26.2 Å². The lowest BCUT2D eigenvalue weighted by molar-refractivity contribution is 0.0952. The zero-order valence-corrected chi connectivity index (χ0v) is 12.7. The summed E-state index contributed by atoms with van der Waals surface area (Å²) in [5.41, 5.74) is 2.41. The fourth-order valence-electron chi connectivity index (χ4n) is 1.93. The van der Waals surface area contributed by atoms with Gasteiger partial charge in [0.2, 0.25) is 0 Å². The van der Waals surface area contributed by atoms with E-state index < -0.39 is 0 Å². The molecule has 114 valence electrons. The van der Waals surface area contributed by atoms with Gasteiger partial charge in [0, 0.05) is 31.4 Å². The summed E-state index contributed by atoms with van der Waals surface area (Å²) in [7, 11) is 1.69. The molecule has 0 saturated carbocycles. The van der Waals surface area contributed by atoms with Crippen LogP contribution in [0.25, 0.3) is 0 Å². The Balaban J connectivity index is 2.46. The Morgan fingerprint density at radius 3 is 2.81 bits per heavy atom. The minimum absolute atomic E-state index is 0.0634. The van der Waals surface area contributed by atoms with Gasteiger partial charge in [-0.25, -0.2) is 0 Å². The standard InChI is InChI=1S/C17H23NO3/c1-14-13-16(9-8-15(14)7-6-11-19)17(20)18-10-4-3-5-12-21-2/h8-9,13,19H,3-5,10-12H2,1-2H3,(H,18,20). The Bertz CT molecular complexity index is 515. The largest absolute Gasteiger partial charge is 0.385 e. The highest BCUT2D eigenvalue weighted by Crippen LogP contribution is 2.10. The number of hydrogen-bond donors (Lipinski definition) is 2. The Hall–Kier alpha value is -1.83. The molecule has 1 aromatic carbocycles. The molecule has 0 saturated heterocycles. The van der Waals surface area contributed by atoms with Crippen molar-refractivity contribution in [2.75, 3.05) is 26.9 Å². The molecule has 0 aliphatic carbocycles. The maximum atomic E-state index is 12.0. The minimum atomic E-state index is -0.162. The van der Waals surface area contributed by atoms with E-state index in [4.69, 9.17) is 9.84 Å². The van der Waals surface area contributed by atoms with Crippen LogP contribution in [0, 0.1) is 18.8 Å². The van der Waals surface area contributed by atoms with Crippen molar-refractivity contribution in [1.82, 2.24) is 5.32 Å². The summed E-state index contributed by atoms with van der Waals surface area (Å²) >= 11 is 0. The summed E-state index contributed by atoms with van der Waals surface area (Å²) in [6, 6.07) is 5.39. The van der Waals surface area contributed by atoms with Crippen molar-refractivity contribution in [3.05, 3.63) is 34.9 Å². The van der Waals surface area contributed by atoms with Gasteiger partial charge in [0.25, 0.3) is 5.91 Å². The zero-order valence-electron chi connectivity index (χ0n) is 12.7. The predicted octanol–water partition coefficient (Wildman–Crippen LogP) is 1.89. The number of aliphatic hydroxyl groups is 1. The summed E-state index contributed by atoms with van der Waals surface area (Å²) in [6.07, 6.45) is 3.01. The molecule has 0 atom stereocenters. The summed E-state index contributed by atoms with van der Waals surface area (Å²) in [5, 5.41) is 11.6. The first-order chi connectivity index (χ1) is 10.2. The normalized spacial score (nSPS) is 9.86. The Morgan fingerprint density at radius 1 is 1.33 bits per heavy atom. The SMILES string of the molecule is COCCCCCNC(=O)c1ccc(C#CCO)c(C)c1. The van der Waals surface area contributed by atoms with Gasteiger partial charge in [0.1, 0.15) is 6.61 Å². The third-order valence-electron chi connectivity index (χ3n) is 3.10. The minimum Gasteiger partial charge on any atom is -0.385 e. The first kappa shape index (κ1) is 17.2. The van der Waals surface area contributed by atoms with E-state index in [1.54, 1.807) is 13.2 Å². The molecule has 0 heterocycles. The molecule has 4 heteroatoms. The molecule has 0 aliphatic heterocycles. The summed E-state index contributed by atoms with van der Waals surface area (Å²) in [4.78, 5) is 12.0. The number of aliphatic hydroxyl groups excluding tert-OH is 1. The number of ether oxygens (including phenoxy) is 1. The van der Waals surface area contributed by atoms with Gasteiger partial charge < -0.3 is 15.2 Å². The van der Waals surface area contributed by atoms with Gasteiger partial charge in [-0.1, -0.05) is 11.8 Å². The highest BCUT2D eigenvalue weighted by atomic mass is 16.5. The van der Waals surface area contributed by atoms with E-state index in [0.717, 1.165) is 37.0 Å². The van der Waals surface area contributed by atoms with Crippen LogP contribution in [0.5, 0.6) is 0 Å². The molecule has 1 amide bonds. The molecule has 0 aromatic heterocycles. The molecule has 0 fully saturated rings. The average Bonchev–Trinajstić information content (AvgIpc) is 2.49. The molecule has 0 unspecified atom stereocenters. The first-order valence-corrected chi connectivity index (χ1v) is 7.16. The predicted molar refractivity (Wildman–Crippen MR) is 83.2 cm³/mol. The van der Waals surface area contributed by atoms with Gasteiger partial charge in [0.15, 0.2) is 0 Å². The van der Waals surface area contributed by atoms with E-state index in [1.807, 2.05) is 19.1 Å². The number of aryl methyl sites for hydroxylation is 1. The van der Waals surface area contributed by atoms with E-state index in [1.165, 1.54) is 0 Å². The van der Waals surface area contributed by atoms with Crippen LogP contribution in [0.4, 0.5) is 0 Å². The molecule has 0 bridgehead atoms. The van der Waals surface area contributed by atoms with Crippen molar-refractivity contribution in [3.8, 4) is 11.8 Å². The zero-order chi connectivity index (χ0) is 15.5. The lowest BCUT2D eigenvalue weighted by Gasteiger charge is -2.07. The van der Waals surface area contributed by atoms with E-state index in [0.29, 0.717) is 12.1 Å². The molecular weight excluding hydrogens is 266 g/mol. The maximum absolute atomic E-state index is 12.0. The van der Waals surface area contributed by atoms with Gasteiger partial charge in [-0.05, 0) is 49.9 Å². The van der Waals surface area contributed by atoms with E-state index in [9.17, 15) is 4.79 Å². The van der Waals surface area contributed by atoms with Gasteiger partial charge in [-0.3, -0.25) is 4.79 Å². The highest BCUT2D eigenvalue weighted by molar-refractivity contribution is 5.94. The van der Waals surface area contributed by atoms with Crippen LogP contribution in [0.3, 0.4) is 0 Å². The van der Waals surface area contributed by atoms with Crippen LogP contribution in [-0.2, 0) is 4.74 Å². The second kappa shape index (κ2) is 9.98. The molecule has 0 radical (unpaired) electrons. The quantitative estimate of drug-likeness (QED) is 0.595. The van der Waals surface area contributed by atoms with Crippen LogP contribution in [0.15, 0.2) is 18.2 Å². The topological polar surface area (TPSA) is 58.6 Å². The summed E-state index contributed by atoms with van der Waals surface area (Å²) < 4.78 is 4.98. The molecule has 1 aromatic rings. The highest BCUT2D eigenvalue weighted by Gasteiger charge is 2.06. The maximum Gasteiger partial charge on any atom is 0.251 e. The number of carbonyl (C=O) groups is 1. The van der Waals surface area contributed by atoms with Crippen LogP contribution < -0.4 is 5.32 Å². The number of amides is 1. The molecule has 0 spiro atoms. The van der Waals surface area contributed by atoms with Crippen molar-refractivity contribution in [1.29, 1.82) is 0 Å². The molecular formula is C17H23NO3. The molecule has 2 N–H and O–H groups in total. The lowest BCUT2D eigenvalue weighted by atomic mass is 10.0. The first-order valence-electron chi connectivity index (χ1n) is 7.16. The van der Waals surface area contributed by atoms with E-state index in [-0.39, 0.29) is 12.5 Å². The van der Waals surface area contributed by atoms with E-state index in [2.05, 4.69) is 17.2 Å². The number of hydrogen-bond acceptors (Lipinski definition) is 3. The number of rotatable bonds is 7. The van der Waals surface area contributed by atoms with Crippen molar-refractivity contribution in [3.63, 3.8) is 0 Å². The van der Waals surface area contributed by atoms with Gasteiger partial charge in [-0.15, -0.1) is 0 Å². The number of unbranched alkanes of at least 4 members (excludes halogenated alkanes) is 2. The van der Waals surface area contributed by atoms with E-state index >= 15 is 0 Å².